The number of benzene rings is 3. The van der Waals surface area contributed by atoms with Crippen LogP contribution in [-0.2, 0) is 29.0 Å². The van der Waals surface area contributed by atoms with Gasteiger partial charge in [0.1, 0.15) is 11.6 Å². The van der Waals surface area contributed by atoms with Gasteiger partial charge in [0, 0.05) is 25.1 Å². The second-order valence-corrected chi connectivity index (χ2v) is 8.97. The molecule has 1 aliphatic rings. The number of carboxylic acid groups (broad SMARTS) is 1. The standard InChI is InChI=1S/C29H30FNO4/c1-3-35-27-16-20(17-29(33)34)9-10-24(27)22-11-12-26(30)23-13-14-31(18-25(22)23)28(32)15-19(2)21-7-5-4-6-8-21/h4-12,16,19H,3,13-15,17-18H2,1-2H3,(H,33,34)/t19-/m1/s1. The van der Waals surface area contributed by atoms with Crippen molar-refractivity contribution in [3.8, 4) is 16.9 Å². The second-order valence-electron chi connectivity index (χ2n) is 8.97. The van der Waals surface area contributed by atoms with Crippen LogP contribution in [0.15, 0.2) is 60.7 Å². The molecular formula is C29H30FNO4. The summed E-state index contributed by atoms with van der Waals surface area (Å²) < 4.78 is 20.6. The molecule has 0 aliphatic carbocycles. The minimum atomic E-state index is -0.918. The lowest BCUT2D eigenvalue weighted by molar-refractivity contribution is -0.136. The van der Waals surface area contributed by atoms with Crippen LogP contribution in [0.3, 0.4) is 0 Å². The van der Waals surface area contributed by atoms with Gasteiger partial charge in [-0.05, 0) is 59.2 Å². The molecule has 0 spiro atoms. The molecule has 35 heavy (non-hydrogen) atoms. The van der Waals surface area contributed by atoms with Crippen LogP contribution in [0.5, 0.6) is 5.75 Å². The van der Waals surface area contributed by atoms with E-state index < -0.39 is 5.97 Å². The molecule has 3 aromatic carbocycles. The number of amides is 1. The van der Waals surface area contributed by atoms with E-state index >= 15 is 0 Å². The maximum Gasteiger partial charge on any atom is 0.307 e. The summed E-state index contributed by atoms with van der Waals surface area (Å²) in [5.74, 6) is -0.499. The van der Waals surface area contributed by atoms with Gasteiger partial charge >= 0.3 is 5.97 Å². The molecule has 3 aromatic rings. The molecule has 0 radical (unpaired) electrons. The topological polar surface area (TPSA) is 66.8 Å². The van der Waals surface area contributed by atoms with E-state index in [9.17, 15) is 14.0 Å². The Morgan fingerprint density at radius 2 is 1.80 bits per heavy atom. The average Bonchev–Trinajstić information content (AvgIpc) is 2.85. The number of hydrogen-bond donors (Lipinski definition) is 1. The first-order valence-electron chi connectivity index (χ1n) is 12.0. The van der Waals surface area contributed by atoms with Gasteiger partial charge in [0.15, 0.2) is 0 Å². The molecule has 0 bridgehead atoms. The summed E-state index contributed by atoms with van der Waals surface area (Å²) >= 11 is 0. The van der Waals surface area contributed by atoms with Crippen LogP contribution in [0, 0.1) is 5.82 Å². The summed E-state index contributed by atoms with van der Waals surface area (Å²) in [4.78, 5) is 26.2. The molecule has 0 saturated heterocycles. The molecule has 0 unspecified atom stereocenters. The van der Waals surface area contributed by atoms with Crippen molar-refractivity contribution in [2.45, 2.75) is 45.6 Å². The first-order valence-corrected chi connectivity index (χ1v) is 12.0. The van der Waals surface area contributed by atoms with Gasteiger partial charge in [0.25, 0.3) is 0 Å². The van der Waals surface area contributed by atoms with Crippen LogP contribution in [0.25, 0.3) is 11.1 Å². The fourth-order valence-corrected chi connectivity index (χ4v) is 4.74. The van der Waals surface area contributed by atoms with Crippen molar-refractivity contribution in [2.75, 3.05) is 13.2 Å². The number of halogens is 1. The van der Waals surface area contributed by atoms with Gasteiger partial charge in [-0.25, -0.2) is 4.39 Å². The Kier molecular flexibility index (Phi) is 7.49. The molecule has 5 nitrogen and oxygen atoms in total. The molecule has 1 amide bonds. The third kappa shape index (κ3) is 5.53. The van der Waals surface area contributed by atoms with Crippen molar-refractivity contribution >= 4 is 11.9 Å². The first-order chi connectivity index (χ1) is 16.9. The zero-order valence-electron chi connectivity index (χ0n) is 20.1. The summed E-state index contributed by atoms with van der Waals surface area (Å²) in [5, 5.41) is 9.16. The Balaban J connectivity index is 1.64. The van der Waals surface area contributed by atoms with Crippen molar-refractivity contribution in [1.29, 1.82) is 0 Å². The Morgan fingerprint density at radius 3 is 2.51 bits per heavy atom. The predicted octanol–water partition coefficient (Wildman–Crippen LogP) is 5.60. The summed E-state index contributed by atoms with van der Waals surface area (Å²) in [6.45, 7) is 5.12. The van der Waals surface area contributed by atoms with E-state index in [4.69, 9.17) is 9.84 Å². The number of fused-ring (bicyclic) bond motifs is 1. The molecule has 0 aromatic heterocycles. The third-order valence-corrected chi connectivity index (χ3v) is 6.55. The average molecular weight is 476 g/mol. The van der Waals surface area contributed by atoms with Gasteiger partial charge in [-0.3, -0.25) is 9.59 Å². The summed E-state index contributed by atoms with van der Waals surface area (Å²) in [6, 6.07) is 18.5. The Morgan fingerprint density at radius 1 is 1.06 bits per heavy atom. The molecule has 1 N–H and O–H groups in total. The zero-order chi connectivity index (χ0) is 24.9. The highest BCUT2D eigenvalue weighted by Crippen LogP contribution is 2.38. The Bertz CT molecular complexity index is 1220. The van der Waals surface area contributed by atoms with E-state index in [-0.39, 0.29) is 24.1 Å². The molecule has 1 heterocycles. The zero-order valence-corrected chi connectivity index (χ0v) is 20.1. The lowest BCUT2D eigenvalue weighted by Gasteiger charge is -2.32. The smallest absolute Gasteiger partial charge is 0.307 e. The molecule has 6 heteroatoms. The number of carbonyl (C=O) groups excluding carboxylic acids is 1. The molecule has 1 aliphatic heterocycles. The molecule has 0 fully saturated rings. The van der Waals surface area contributed by atoms with E-state index in [1.807, 2.05) is 55.1 Å². The number of carboxylic acids is 1. The lowest BCUT2D eigenvalue weighted by Crippen LogP contribution is -2.37. The van der Waals surface area contributed by atoms with Crippen molar-refractivity contribution in [2.24, 2.45) is 0 Å². The number of nitrogens with zero attached hydrogens (tertiary/aromatic N) is 1. The van der Waals surface area contributed by atoms with Crippen LogP contribution in [0.2, 0.25) is 0 Å². The maximum absolute atomic E-state index is 14.8. The highest BCUT2D eigenvalue weighted by Gasteiger charge is 2.27. The van der Waals surface area contributed by atoms with Crippen LogP contribution in [0.1, 0.15) is 48.4 Å². The van der Waals surface area contributed by atoms with Crippen molar-refractivity contribution in [1.82, 2.24) is 4.90 Å². The fourth-order valence-electron chi connectivity index (χ4n) is 4.74. The van der Waals surface area contributed by atoms with E-state index in [2.05, 4.69) is 0 Å². The van der Waals surface area contributed by atoms with E-state index in [0.29, 0.717) is 49.4 Å². The Hall–Kier alpha value is -3.67. The molecular weight excluding hydrogens is 445 g/mol. The van der Waals surface area contributed by atoms with Crippen LogP contribution in [0.4, 0.5) is 4.39 Å². The highest BCUT2D eigenvalue weighted by molar-refractivity contribution is 5.80. The number of hydrogen-bond acceptors (Lipinski definition) is 3. The van der Waals surface area contributed by atoms with Crippen molar-refractivity contribution < 1.29 is 23.8 Å². The maximum atomic E-state index is 14.8. The molecule has 0 saturated carbocycles. The molecule has 182 valence electrons. The van der Waals surface area contributed by atoms with Gasteiger partial charge in [-0.2, -0.15) is 0 Å². The lowest BCUT2D eigenvalue weighted by atomic mass is 9.89. The third-order valence-electron chi connectivity index (χ3n) is 6.55. The van der Waals surface area contributed by atoms with E-state index in [1.54, 1.807) is 18.2 Å². The molecule has 4 rings (SSSR count). The van der Waals surface area contributed by atoms with Gasteiger partial charge < -0.3 is 14.7 Å². The molecule has 1 atom stereocenters. The number of aliphatic carboxylic acids is 1. The normalized spacial score (nSPS) is 13.7. The van der Waals surface area contributed by atoms with Crippen molar-refractivity contribution in [3.63, 3.8) is 0 Å². The summed E-state index contributed by atoms with van der Waals surface area (Å²) in [7, 11) is 0. The summed E-state index contributed by atoms with van der Waals surface area (Å²) in [5.41, 5.74) is 4.73. The van der Waals surface area contributed by atoms with Crippen LogP contribution in [-0.4, -0.2) is 35.0 Å². The first kappa shape index (κ1) is 24.5. The number of carbonyl (C=O) groups is 2. The number of ether oxygens (including phenoxy) is 1. The van der Waals surface area contributed by atoms with Crippen LogP contribution < -0.4 is 4.74 Å². The van der Waals surface area contributed by atoms with Gasteiger partial charge in [-0.1, -0.05) is 55.5 Å². The van der Waals surface area contributed by atoms with Gasteiger partial charge in [0.2, 0.25) is 5.91 Å². The number of rotatable bonds is 8. The second kappa shape index (κ2) is 10.7. The predicted molar refractivity (Wildman–Crippen MR) is 133 cm³/mol. The quantitative estimate of drug-likeness (QED) is 0.461. The van der Waals surface area contributed by atoms with E-state index in [0.717, 1.165) is 22.3 Å². The minimum absolute atomic E-state index is 0.0454. The Labute approximate surface area is 205 Å². The monoisotopic (exact) mass is 475 g/mol. The van der Waals surface area contributed by atoms with Gasteiger partial charge in [0.05, 0.1) is 13.0 Å². The SMILES string of the molecule is CCOc1cc(CC(=O)O)ccc1-c1ccc(F)c2c1CN(C(=O)C[C@@H](C)c1ccccc1)CC2. The highest BCUT2D eigenvalue weighted by atomic mass is 19.1. The fraction of sp³-hybridized carbons (Fsp3) is 0.310. The minimum Gasteiger partial charge on any atom is -0.493 e. The van der Waals surface area contributed by atoms with Crippen molar-refractivity contribution in [3.05, 3.63) is 88.7 Å². The van der Waals surface area contributed by atoms with E-state index in [1.165, 1.54) is 6.07 Å². The van der Waals surface area contributed by atoms with Gasteiger partial charge in [-0.15, -0.1) is 0 Å². The largest absolute Gasteiger partial charge is 0.493 e. The van der Waals surface area contributed by atoms with Crippen LogP contribution >= 0.6 is 0 Å². The summed E-state index contributed by atoms with van der Waals surface area (Å²) in [6.07, 6.45) is 0.726.